The SMILES string of the molecule is CC(C)(Cl)C(=O)N(Cl)C1NCCO1. The Balaban J connectivity index is 2.56. The fourth-order valence-corrected chi connectivity index (χ4v) is 1.39. The highest BCUT2D eigenvalue weighted by Crippen LogP contribution is 2.20. The van der Waals surface area contributed by atoms with E-state index in [2.05, 4.69) is 5.32 Å². The molecule has 0 aliphatic carbocycles. The van der Waals surface area contributed by atoms with Crippen LogP contribution in [-0.4, -0.2) is 34.7 Å². The van der Waals surface area contributed by atoms with Crippen LogP contribution in [0.3, 0.4) is 0 Å². The van der Waals surface area contributed by atoms with Crippen molar-refractivity contribution in [2.24, 2.45) is 0 Å². The summed E-state index contributed by atoms with van der Waals surface area (Å²) in [7, 11) is 0. The molecule has 76 valence electrons. The predicted octanol–water partition coefficient (Wildman–Crippen LogP) is 0.890. The van der Waals surface area contributed by atoms with Gasteiger partial charge in [0.15, 0.2) is 0 Å². The van der Waals surface area contributed by atoms with Crippen molar-refractivity contribution in [2.45, 2.75) is 25.1 Å². The first-order chi connectivity index (χ1) is 5.93. The Morgan fingerprint density at radius 3 is 2.69 bits per heavy atom. The Hall–Kier alpha value is -0.0300. The van der Waals surface area contributed by atoms with Crippen LogP contribution in [0, 0.1) is 0 Å². The molecular weight excluding hydrogens is 215 g/mol. The molecule has 0 radical (unpaired) electrons. The zero-order chi connectivity index (χ0) is 10.1. The molecule has 0 aromatic heterocycles. The molecule has 1 amide bonds. The van der Waals surface area contributed by atoms with Gasteiger partial charge in [-0.2, -0.15) is 0 Å². The lowest BCUT2D eigenvalue weighted by atomic mass is 10.2. The van der Waals surface area contributed by atoms with Gasteiger partial charge in [-0.3, -0.25) is 10.1 Å². The summed E-state index contributed by atoms with van der Waals surface area (Å²) in [6, 6.07) is 0. The highest BCUT2D eigenvalue weighted by Gasteiger charge is 2.34. The van der Waals surface area contributed by atoms with Crippen LogP contribution in [0.25, 0.3) is 0 Å². The largest absolute Gasteiger partial charge is 0.343 e. The molecule has 1 unspecified atom stereocenters. The second kappa shape index (κ2) is 4.00. The Morgan fingerprint density at radius 2 is 2.31 bits per heavy atom. The summed E-state index contributed by atoms with van der Waals surface area (Å²) in [6.07, 6.45) is -0.563. The fourth-order valence-electron chi connectivity index (χ4n) is 0.918. The molecule has 0 bridgehead atoms. The molecule has 1 N–H and O–H groups in total. The van der Waals surface area contributed by atoms with Gasteiger partial charge in [-0.15, -0.1) is 11.6 Å². The number of carbonyl (C=O) groups excluding carboxylic acids is 1. The zero-order valence-electron chi connectivity index (χ0n) is 7.51. The van der Waals surface area contributed by atoms with Crippen LogP contribution < -0.4 is 5.32 Å². The molecule has 4 nitrogen and oxygen atoms in total. The molecule has 0 spiro atoms. The van der Waals surface area contributed by atoms with Gasteiger partial charge in [-0.05, 0) is 13.8 Å². The van der Waals surface area contributed by atoms with Gasteiger partial charge in [0.2, 0.25) is 6.35 Å². The maximum atomic E-state index is 11.5. The Bertz CT molecular complexity index is 199. The molecule has 0 saturated carbocycles. The molecule has 0 aromatic carbocycles. The Kier molecular flexibility index (Phi) is 3.40. The van der Waals surface area contributed by atoms with E-state index >= 15 is 0 Å². The maximum Gasteiger partial charge on any atom is 0.260 e. The number of nitrogens with zero attached hydrogens (tertiary/aromatic N) is 1. The van der Waals surface area contributed by atoms with Crippen LogP contribution in [0.1, 0.15) is 13.8 Å². The summed E-state index contributed by atoms with van der Waals surface area (Å²) in [6.45, 7) is 4.40. The number of ether oxygens (including phenoxy) is 1. The normalized spacial score (nSPS) is 23.2. The third-order valence-electron chi connectivity index (χ3n) is 1.61. The highest BCUT2D eigenvalue weighted by atomic mass is 35.5. The van der Waals surface area contributed by atoms with Crippen LogP contribution in [0.4, 0.5) is 0 Å². The lowest BCUT2D eigenvalue weighted by Crippen LogP contribution is -2.46. The molecule has 1 aliphatic heterocycles. The molecule has 0 aromatic rings. The molecular formula is C7H12Cl2N2O2. The molecule has 1 atom stereocenters. The summed E-state index contributed by atoms with van der Waals surface area (Å²) in [5, 5.41) is 2.90. The van der Waals surface area contributed by atoms with Crippen molar-refractivity contribution in [3.8, 4) is 0 Å². The van der Waals surface area contributed by atoms with Crippen molar-refractivity contribution in [3.63, 3.8) is 0 Å². The second-order valence-electron chi connectivity index (χ2n) is 3.27. The van der Waals surface area contributed by atoms with Crippen molar-refractivity contribution in [3.05, 3.63) is 0 Å². The number of halogens is 2. The lowest BCUT2D eigenvalue weighted by molar-refractivity contribution is -0.136. The number of hydrogen-bond acceptors (Lipinski definition) is 3. The topological polar surface area (TPSA) is 41.6 Å². The summed E-state index contributed by atoms with van der Waals surface area (Å²) < 4.78 is 6.09. The molecule has 1 heterocycles. The van der Waals surface area contributed by atoms with Crippen LogP contribution in [-0.2, 0) is 9.53 Å². The number of amides is 1. The minimum Gasteiger partial charge on any atom is -0.343 e. The van der Waals surface area contributed by atoms with E-state index in [4.69, 9.17) is 28.1 Å². The average molecular weight is 227 g/mol. The second-order valence-corrected chi connectivity index (χ2v) is 4.58. The quantitative estimate of drug-likeness (QED) is 0.562. The minimum absolute atomic E-state index is 0.379. The number of nitrogens with one attached hydrogen (secondary N) is 1. The summed E-state index contributed by atoms with van der Waals surface area (Å²) >= 11 is 11.5. The maximum absolute atomic E-state index is 11.5. The van der Waals surface area contributed by atoms with E-state index in [9.17, 15) is 4.79 Å². The molecule has 6 heteroatoms. The van der Waals surface area contributed by atoms with Gasteiger partial charge in [0.05, 0.1) is 6.61 Å². The number of alkyl halides is 1. The van der Waals surface area contributed by atoms with Crippen molar-refractivity contribution < 1.29 is 9.53 Å². The smallest absolute Gasteiger partial charge is 0.260 e. The monoisotopic (exact) mass is 226 g/mol. The fraction of sp³-hybridized carbons (Fsp3) is 0.857. The van der Waals surface area contributed by atoms with E-state index < -0.39 is 11.2 Å². The predicted molar refractivity (Wildman–Crippen MR) is 50.4 cm³/mol. The van der Waals surface area contributed by atoms with Crippen LogP contribution in [0.2, 0.25) is 0 Å². The van der Waals surface area contributed by atoms with Gasteiger partial charge in [0.1, 0.15) is 4.87 Å². The third-order valence-corrected chi connectivity index (χ3v) is 2.10. The molecule has 13 heavy (non-hydrogen) atoms. The van der Waals surface area contributed by atoms with Crippen molar-refractivity contribution in [1.29, 1.82) is 0 Å². The number of carbonyl (C=O) groups is 1. The molecule has 1 fully saturated rings. The van der Waals surface area contributed by atoms with Crippen LogP contribution in [0.15, 0.2) is 0 Å². The molecule has 1 aliphatic rings. The Labute approximate surface area is 87.2 Å². The van der Waals surface area contributed by atoms with Gasteiger partial charge >= 0.3 is 0 Å². The van der Waals surface area contributed by atoms with Crippen molar-refractivity contribution in [1.82, 2.24) is 9.74 Å². The Morgan fingerprint density at radius 1 is 1.69 bits per heavy atom. The van der Waals surface area contributed by atoms with E-state index in [0.717, 1.165) is 4.42 Å². The van der Waals surface area contributed by atoms with Crippen LogP contribution in [0.5, 0.6) is 0 Å². The van der Waals surface area contributed by atoms with Crippen molar-refractivity contribution >= 4 is 29.3 Å². The lowest BCUT2D eigenvalue weighted by Gasteiger charge is -2.25. The van der Waals surface area contributed by atoms with E-state index in [1.807, 2.05) is 0 Å². The van der Waals surface area contributed by atoms with E-state index in [1.165, 1.54) is 0 Å². The van der Waals surface area contributed by atoms with Gasteiger partial charge in [-0.1, -0.05) is 0 Å². The first kappa shape index (κ1) is 11.0. The summed E-state index contributed by atoms with van der Waals surface area (Å²) in [5.74, 6) is -0.379. The summed E-state index contributed by atoms with van der Waals surface area (Å²) in [4.78, 5) is 10.5. The van der Waals surface area contributed by atoms with Gasteiger partial charge in [0, 0.05) is 18.3 Å². The summed E-state index contributed by atoms with van der Waals surface area (Å²) in [5.41, 5.74) is 0. The van der Waals surface area contributed by atoms with E-state index in [-0.39, 0.29) is 5.91 Å². The third kappa shape index (κ3) is 2.71. The first-order valence-electron chi connectivity index (χ1n) is 3.96. The number of rotatable bonds is 2. The van der Waals surface area contributed by atoms with E-state index in [0.29, 0.717) is 13.2 Å². The zero-order valence-corrected chi connectivity index (χ0v) is 9.02. The van der Waals surface area contributed by atoms with Crippen LogP contribution >= 0.6 is 23.4 Å². The standard InChI is InChI=1S/C7H12Cl2N2O2/c1-7(2,8)5(12)11(9)6-10-3-4-13-6/h6,10H,3-4H2,1-2H3. The van der Waals surface area contributed by atoms with Gasteiger partial charge in [-0.25, -0.2) is 4.42 Å². The molecule has 1 saturated heterocycles. The van der Waals surface area contributed by atoms with Crippen molar-refractivity contribution in [2.75, 3.05) is 13.2 Å². The van der Waals surface area contributed by atoms with Gasteiger partial charge < -0.3 is 4.74 Å². The average Bonchev–Trinajstić information content (AvgIpc) is 2.51. The van der Waals surface area contributed by atoms with E-state index in [1.54, 1.807) is 13.8 Å². The molecule has 1 rings (SSSR count). The van der Waals surface area contributed by atoms with Gasteiger partial charge in [0.25, 0.3) is 5.91 Å². The number of hydrogen-bond donors (Lipinski definition) is 1. The first-order valence-corrected chi connectivity index (χ1v) is 4.68. The highest BCUT2D eigenvalue weighted by molar-refractivity contribution is 6.37. The minimum atomic E-state index is -1.00.